The zero-order valence-corrected chi connectivity index (χ0v) is 23.4. The van der Waals surface area contributed by atoms with Crippen LogP contribution in [0.3, 0.4) is 0 Å². The van der Waals surface area contributed by atoms with Crippen molar-refractivity contribution in [1.29, 1.82) is 0 Å². The van der Waals surface area contributed by atoms with Gasteiger partial charge in [0.1, 0.15) is 17.8 Å². The summed E-state index contributed by atoms with van der Waals surface area (Å²) in [5, 5.41) is 23.3. The van der Waals surface area contributed by atoms with E-state index < -0.39 is 82.8 Å². The van der Waals surface area contributed by atoms with E-state index in [1.54, 1.807) is 20.8 Å². The summed E-state index contributed by atoms with van der Waals surface area (Å²) < 4.78 is 29.6. The van der Waals surface area contributed by atoms with Crippen LogP contribution >= 0.6 is 0 Å². The molecule has 4 aliphatic rings. The lowest BCUT2D eigenvalue weighted by Gasteiger charge is -2.56. The first kappa shape index (κ1) is 29.2. The minimum atomic E-state index is -1.83. The van der Waals surface area contributed by atoms with Crippen LogP contribution in [0.1, 0.15) is 61.3 Å². The molecule has 0 aromatic rings. The predicted octanol–water partition coefficient (Wildman–Crippen LogP) is 1.53. The van der Waals surface area contributed by atoms with Crippen molar-refractivity contribution in [1.82, 2.24) is 0 Å². The van der Waals surface area contributed by atoms with Crippen molar-refractivity contribution >= 4 is 23.9 Å². The average molecular weight is 551 g/mol. The molecule has 0 radical (unpaired) electrons. The van der Waals surface area contributed by atoms with E-state index in [1.807, 2.05) is 0 Å². The van der Waals surface area contributed by atoms with Gasteiger partial charge in [-0.2, -0.15) is 0 Å². The molecule has 3 fully saturated rings. The monoisotopic (exact) mass is 550 g/mol. The maximum Gasteiger partial charge on any atom is 0.303 e. The number of fused-ring (bicyclic) bond motifs is 2. The van der Waals surface area contributed by atoms with E-state index in [4.69, 9.17) is 23.7 Å². The Morgan fingerprint density at radius 2 is 1.51 bits per heavy atom. The number of hydrogen-bond acceptors (Lipinski definition) is 11. The highest BCUT2D eigenvalue weighted by molar-refractivity contribution is 5.70. The maximum atomic E-state index is 12.6. The van der Waals surface area contributed by atoms with E-state index in [2.05, 4.69) is 6.58 Å². The number of aliphatic hydroxyl groups excluding tert-OH is 1. The average Bonchev–Trinajstić information content (AvgIpc) is 3.28. The summed E-state index contributed by atoms with van der Waals surface area (Å²) in [5.74, 6) is -3.51. The van der Waals surface area contributed by atoms with Crippen LogP contribution in [0.4, 0.5) is 0 Å². The van der Waals surface area contributed by atoms with Crippen LogP contribution in [0.15, 0.2) is 23.3 Å². The minimum absolute atomic E-state index is 0.162. The van der Waals surface area contributed by atoms with Crippen LogP contribution in [0.25, 0.3) is 0 Å². The van der Waals surface area contributed by atoms with Gasteiger partial charge in [0.05, 0.1) is 24.2 Å². The van der Waals surface area contributed by atoms with E-state index in [-0.39, 0.29) is 19.4 Å². The minimum Gasteiger partial charge on any atom is -0.462 e. The van der Waals surface area contributed by atoms with Crippen LogP contribution in [0.5, 0.6) is 0 Å². The Kier molecular flexibility index (Phi) is 7.27. The third kappa shape index (κ3) is 4.20. The molecule has 10 atom stereocenters. The topological polar surface area (TPSA) is 155 Å². The van der Waals surface area contributed by atoms with Gasteiger partial charge in [-0.05, 0) is 25.0 Å². The SMILES string of the molecule is C=C(C)C12CC(OC(C)=O)C(C)=C1C(OC(C)=O)C(OC(C)=O)C1(C)C(OC(C)=O)CC(O)C3(O)COC2C31. The summed E-state index contributed by atoms with van der Waals surface area (Å²) in [6.07, 6.45) is -6.57. The molecule has 0 amide bonds. The largest absolute Gasteiger partial charge is 0.462 e. The van der Waals surface area contributed by atoms with Gasteiger partial charge in [0.15, 0.2) is 12.2 Å². The van der Waals surface area contributed by atoms with E-state index in [0.717, 1.165) is 0 Å². The van der Waals surface area contributed by atoms with Crippen molar-refractivity contribution in [2.45, 2.75) is 104 Å². The summed E-state index contributed by atoms with van der Waals surface area (Å²) in [6, 6.07) is 0. The summed E-state index contributed by atoms with van der Waals surface area (Å²) >= 11 is 0. The first-order chi connectivity index (χ1) is 18.0. The lowest BCUT2D eigenvalue weighted by molar-refractivity contribution is -0.247. The number of rotatable bonds is 5. The van der Waals surface area contributed by atoms with Crippen LogP contribution in [-0.2, 0) is 42.9 Å². The third-order valence-corrected chi connectivity index (χ3v) is 9.23. The van der Waals surface area contributed by atoms with Gasteiger partial charge in [0.2, 0.25) is 0 Å². The predicted molar refractivity (Wildman–Crippen MR) is 134 cm³/mol. The summed E-state index contributed by atoms with van der Waals surface area (Å²) in [7, 11) is 0. The number of esters is 4. The highest BCUT2D eigenvalue weighted by Crippen LogP contribution is 2.68. The van der Waals surface area contributed by atoms with Gasteiger partial charge in [-0.3, -0.25) is 19.2 Å². The van der Waals surface area contributed by atoms with Crippen molar-refractivity contribution in [2.24, 2.45) is 16.7 Å². The Labute approximate surface area is 227 Å². The van der Waals surface area contributed by atoms with Crippen molar-refractivity contribution < 1.29 is 53.1 Å². The second-order valence-electron chi connectivity index (χ2n) is 11.6. The standard InChI is InChI=1S/C28H38O11/c1-12(2)27-10-18(36-14(4)29)13(3)21(27)22(38-16(6)31)24(39-17(7)32)26(8)20(37-15(5)30)9-19(33)28(34)11-35-25(27)23(26)28/h18-20,22-25,33-34H,1,9-11H2,2-8H3. The molecular formula is C28H38O11. The molecule has 0 aromatic carbocycles. The highest BCUT2D eigenvalue weighted by atomic mass is 16.6. The Balaban J connectivity index is 2.11. The zero-order valence-electron chi connectivity index (χ0n) is 23.4. The number of aliphatic hydroxyl groups is 2. The van der Waals surface area contributed by atoms with Gasteiger partial charge >= 0.3 is 23.9 Å². The fraction of sp³-hybridized carbons (Fsp3) is 0.714. The van der Waals surface area contributed by atoms with Gasteiger partial charge in [-0.1, -0.05) is 19.1 Å². The van der Waals surface area contributed by atoms with E-state index in [9.17, 15) is 29.4 Å². The van der Waals surface area contributed by atoms with Gasteiger partial charge < -0.3 is 33.9 Å². The van der Waals surface area contributed by atoms with E-state index in [0.29, 0.717) is 16.7 Å². The maximum absolute atomic E-state index is 12.6. The summed E-state index contributed by atoms with van der Waals surface area (Å²) in [6.45, 7) is 14.1. The number of ether oxygens (including phenoxy) is 5. The molecule has 4 rings (SSSR count). The van der Waals surface area contributed by atoms with E-state index in [1.165, 1.54) is 27.7 Å². The Bertz CT molecular complexity index is 1140. The van der Waals surface area contributed by atoms with Crippen molar-refractivity contribution in [2.75, 3.05) is 6.61 Å². The molecule has 1 heterocycles. The van der Waals surface area contributed by atoms with Crippen LogP contribution in [-0.4, -0.2) is 82.9 Å². The molecule has 1 saturated heterocycles. The van der Waals surface area contributed by atoms with Crippen LogP contribution < -0.4 is 0 Å². The van der Waals surface area contributed by atoms with Gasteiger partial charge in [-0.15, -0.1) is 0 Å². The van der Waals surface area contributed by atoms with Gasteiger partial charge in [0, 0.05) is 51.9 Å². The van der Waals surface area contributed by atoms with Crippen LogP contribution in [0.2, 0.25) is 0 Å². The fourth-order valence-corrected chi connectivity index (χ4v) is 7.81. The molecule has 1 aliphatic heterocycles. The molecule has 0 aromatic heterocycles. The number of carbonyl (C=O) groups is 4. The van der Waals surface area contributed by atoms with Crippen molar-refractivity contribution in [3.05, 3.63) is 23.3 Å². The molecule has 10 unspecified atom stereocenters. The molecule has 2 saturated carbocycles. The third-order valence-electron chi connectivity index (χ3n) is 9.23. The summed E-state index contributed by atoms with van der Waals surface area (Å²) in [4.78, 5) is 49.5. The molecule has 2 N–H and O–H groups in total. The van der Waals surface area contributed by atoms with Crippen molar-refractivity contribution in [3.8, 4) is 0 Å². The second kappa shape index (κ2) is 9.71. The lowest BCUT2D eigenvalue weighted by Crippen LogP contribution is -2.69. The molecular weight excluding hydrogens is 512 g/mol. The molecule has 11 heteroatoms. The Morgan fingerprint density at radius 1 is 0.949 bits per heavy atom. The Morgan fingerprint density at radius 3 is 2.03 bits per heavy atom. The lowest BCUT2D eigenvalue weighted by atomic mass is 9.53. The smallest absolute Gasteiger partial charge is 0.303 e. The fourth-order valence-electron chi connectivity index (χ4n) is 7.81. The highest BCUT2D eigenvalue weighted by Gasteiger charge is 2.77. The molecule has 0 bridgehead atoms. The summed E-state index contributed by atoms with van der Waals surface area (Å²) in [5.41, 5.74) is -2.75. The van der Waals surface area contributed by atoms with Crippen LogP contribution in [0, 0.1) is 16.7 Å². The second-order valence-corrected chi connectivity index (χ2v) is 11.6. The van der Waals surface area contributed by atoms with E-state index >= 15 is 0 Å². The first-order valence-electron chi connectivity index (χ1n) is 13.1. The van der Waals surface area contributed by atoms with Crippen molar-refractivity contribution in [3.63, 3.8) is 0 Å². The van der Waals surface area contributed by atoms with Gasteiger partial charge in [-0.25, -0.2) is 0 Å². The molecule has 11 nitrogen and oxygen atoms in total. The first-order valence-corrected chi connectivity index (χ1v) is 13.1. The molecule has 216 valence electrons. The molecule has 0 spiro atoms. The molecule has 39 heavy (non-hydrogen) atoms. The Hall–Kier alpha value is -2.76. The van der Waals surface area contributed by atoms with Gasteiger partial charge in [0.25, 0.3) is 0 Å². The number of hydrogen-bond donors (Lipinski definition) is 2. The quantitative estimate of drug-likeness (QED) is 0.291. The zero-order chi connectivity index (χ0) is 29.2. The normalized spacial score (nSPS) is 42.5. The molecule has 3 aliphatic carbocycles. The number of carbonyl (C=O) groups excluding carboxylic acids is 4.